The van der Waals surface area contributed by atoms with Crippen LogP contribution in [0.1, 0.15) is 6.42 Å². The van der Waals surface area contributed by atoms with Crippen molar-refractivity contribution in [2.24, 2.45) is 0 Å². The number of aromatic nitrogens is 1. The molecule has 1 aliphatic rings. The third kappa shape index (κ3) is 4.45. The first-order valence-electron chi connectivity index (χ1n) is 8.24. The molecular weight excluding hydrogens is 302 g/mol. The molecule has 0 spiro atoms. The van der Waals surface area contributed by atoms with Crippen LogP contribution in [-0.4, -0.2) is 48.5 Å². The highest BCUT2D eigenvalue weighted by Crippen LogP contribution is 2.13. The van der Waals surface area contributed by atoms with Crippen LogP contribution in [0, 0.1) is 0 Å². The van der Waals surface area contributed by atoms with Gasteiger partial charge >= 0.3 is 0 Å². The summed E-state index contributed by atoms with van der Waals surface area (Å²) >= 11 is 0. The van der Waals surface area contributed by atoms with Gasteiger partial charge in [-0.1, -0.05) is 6.07 Å². The van der Waals surface area contributed by atoms with Gasteiger partial charge in [0.2, 0.25) is 5.91 Å². The zero-order valence-corrected chi connectivity index (χ0v) is 13.7. The summed E-state index contributed by atoms with van der Waals surface area (Å²) in [6.07, 6.45) is 2.32. The Hall–Kier alpha value is -2.60. The average molecular weight is 325 g/mol. The summed E-state index contributed by atoms with van der Waals surface area (Å²) in [5.74, 6) is 1.06. The molecule has 6 nitrogen and oxygen atoms in total. The largest absolute Gasteiger partial charge is 0.399 e. The highest BCUT2D eigenvalue weighted by atomic mass is 16.1. The maximum atomic E-state index is 12.0. The Morgan fingerprint density at radius 3 is 2.50 bits per heavy atom. The summed E-state index contributed by atoms with van der Waals surface area (Å²) in [5.41, 5.74) is 7.12. The molecule has 6 heteroatoms. The Kier molecular flexibility index (Phi) is 5.28. The van der Waals surface area contributed by atoms with Crippen LogP contribution >= 0.6 is 0 Å². The van der Waals surface area contributed by atoms with Gasteiger partial charge < -0.3 is 16.0 Å². The third-order valence-electron chi connectivity index (χ3n) is 4.20. The second-order valence-corrected chi connectivity index (χ2v) is 5.94. The van der Waals surface area contributed by atoms with Crippen LogP contribution in [0.2, 0.25) is 0 Å². The highest BCUT2D eigenvalue weighted by molar-refractivity contribution is 5.90. The van der Waals surface area contributed by atoms with Crippen LogP contribution in [0.15, 0.2) is 48.7 Å². The van der Waals surface area contributed by atoms with Crippen molar-refractivity contribution in [1.29, 1.82) is 0 Å². The zero-order valence-electron chi connectivity index (χ0n) is 13.7. The molecular formula is C18H23N5O. The normalized spacial score (nSPS) is 15.2. The van der Waals surface area contributed by atoms with Gasteiger partial charge in [0.25, 0.3) is 0 Å². The van der Waals surface area contributed by atoms with Gasteiger partial charge in [0.05, 0.1) is 0 Å². The molecule has 1 amide bonds. The van der Waals surface area contributed by atoms with E-state index in [2.05, 4.69) is 20.1 Å². The molecule has 0 bridgehead atoms. The maximum absolute atomic E-state index is 12.0. The summed E-state index contributed by atoms with van der Waals surface area (Å²) in [5, 5.41) is 2.90. The van der Waals surface area contributed by atoms with E-state index in [1.54, 1.807) is 12.1 Å². The minimum atomic E-state index is 0.0342. The number of anilines is 3. The second kappa shape index (κ2) is 7.79. The SMILES string of the molecule is Nc1ccc(NC(=O)CCN2CCN(c3ccccn3)CC2)cc1. The number of nitrogens with two attached hydrogens (primary N) is 1. The van der Waals surface area contributed by atoms with Crippen molar-refractivity contribution in [2.45, 2.75) is 6.42 Å². The van der Waals surface area contributed by atoms with Crippen LogP contribution in [0.4, 0.5) is 17.2 Å². The molecule has 1 aromatic carbocycles. The van der Waals surface area contributed by atoms with E-state index in [-0.39, 0.29) is 5.91 Å². The van der Waals surface area contributed by atoms with Crippen LogP contribution in [0.5, 0.6) is 0 Å². The van der Waals surface area contributed by atoms with Gasteiger partial charge in [-0.2, -0.15) is 0 Å². The highest BCUT2D eigenvalue weighted by Gasteiger charge is 2.18. The predicted octanol–water partition coefficient (Wildman–Crippen LogP) is 1.81. The number of hydrogen-bond donors (Lipinski definition) is 2. The van der Waals surface area contributed by atoms with Crippen molar-refractivity contribution in [3.8, 4) is 0 Å². The van der Waals surface area contributed by atoms with Gasteiger partial charge in [-0.05, 0) is 36.4 Å². The van der Waals surface area contributed by atoms with Gasteiger partial charge in [-0.3, -0.25) is 9.69 Å². The topological polar surface area (TPSA) is 74.5 Å². The fourth-order valence-corrected chi connectivity index (χ4v) is 2.79. The molecule has 3 N–H and O–H groups in total. The van der Waals surface area contributed by atoms with Crippen molar-refractivity contribution < 1.29 is 4.79 Å². The lowest BCUT2D eigenvalue weighted by Gasteiger charge is -2.35. The van der Waals surface area contributed by atoms with Crippen molar-refractivity contribution in [1.82, 2.24) is 9.88 Å². The fraction of sp³-hybridized carbons (Fsp3) is 0.333. The molecule has 0 atom stereocenters. The quantitative estimate of drug-likeness (QED) is 0.820. The number of pyridine rings is 1. The number of amides is 1. The van der Waals surface area contributed by atoms with Gasteiger partial charge in [0.15, 0.2) is 0 Å². The van der Waals surface area contributed by atoms with Crippen LogP contribution < -0.4 is 16.0 Å². The summed E-state index contributed by atoms with van der Waals surface area (Å²) < 4.78 is 0. The molecule has 2 aromatic rings. The van der Waals surface area contributed by atoms with Crippen LogP contribution in [0.25, 0.3) is 0 Å². The molecule has 3 rings (SSSR count). The summed E-state index contributed by atoms with van der Waals surface area (Å²) in [6, 6.07) is 13.2. The van der Waals surface area contributed by atoms with Crippen molar-refractivity contribution in [3.05, 3.63) is 48.7 Å². The number of piperazine rings is 1. The molecule has 0 saturated carbocycles. The van der Waals surface area contributed by atoms with Gasteiger partial charge in [0.1, 0.15) is 5.82 Å². The fourth-order valence-electron chi connectivity index (χ4n) is 2.79. The van der Waals surface area contributed by atoms with Gasteiger partial charge in [0, 0.05) is 56.7 Å². The third-order valence-corrected chi connectivity index (χ3v) is 4.20. The molecule has 1 aliphatic heterocycles. The number of rotatable bonds is 5. The number of nitrogens with one attached hydrogen (secondary N) is 1. The van der Waals surface area contributed by atoms with Gasteiger partial charge in [-0.25, -0.2) is 4.98 Å². The molecule has 1 aromatic heterocycles. The smallest absolute Gasteiger partial charge is 0.225 e. The average Bonchev–Trinajstić information content (AvgIpc) is 2.63. The maximum Gasteiger partial charge on any atom is 0.225 e. The van der Waals surface area contributed by atoms with E-state index in [1.165, 1.54) is 0 Å². The molecule has 24 heavy (non-hydrogen) atoms. The molecule has 0 radical (unpaired) electrons. The molecule has 1 fully saturated rings. The zero-order chi connectivity index (χ0) is 16.8. The summed E-state index contributed by atoms with van der Waals surface area (Å²) in [4.78, 5) is 21.0. The van der Waals surface area contributed by atoms with E-state index >= 15 is 0 Å². The monoisotopic (exact) mass is 325 g/mol. The molecule has 2 heterocycles. The first kappa shape index (κ1) is 16.3. The number of carbonyl (C=O) groups excluding carboxylic acids is 1. The van der Waals surface area contributed by atoms with E-state index in [1.807, 2.05) is 36.5 Å². The lowest BCUT2D eigenvalue weighted by Crippen LogP contribution is -2.47. The van der Waals surface area contributed by atoms with Crippen molar-refractivity contribution >= 4 is 23.1 Å². The van der Waals surface area contributed by atoms with Crippen molar-refractivity contribution in [2.75, 3.05) is 48.7 Å². The number of nitrogens with zero attached hydrogens (tertiary/aromatic N) is 3. The number of benzene rings is 1. The summed E-state index contributed by atoms with van der Waals surface area (Å²) in [6.45, 7) is 4.56. The standard InChI is InChI=1S/C18H23N5O/c19-15-4-6-16(7-5-15)21-18(24)8-10-22-11-13-23(14-12-22)17-3-1-2-9-20-17/h1-7,9H,8,10-14,19H2,(H,21,24). The van der Waals surface area contributed by atoms with E-state index < -0.39 is 0 Å². The molecule has 0 aliphatic carbocycles. The Morgan fingerprint density at radius 1 is 1.08 bits per heavy atom. The first-order valence-corrected chi connectivity index (χ1v) is 8.24. The van der Waals surface area contributed by atoms with Crippen LogP contribution in [-0.2, 0) is 4.79 Å². The van der Waals surface area contributed by atoms with Crippen molar-refractivity contribution in [3.63, 3.8) is 0 Å². The lowest BCUT2D eigenvalue weighted by atomic mass is 10.2. The van der Waals surface area contributed by atoms with Crippen LogP contribution in [0.3, 0.4) is 0 Å². The van der Waals surface area contributed by atoms with E-state index in [4.69, 9.17) is 5.73 Å². The number of carbonyl (C=O) groups is 1. The Balaban J connectivity index is 1.40. The van der Waals surface area contributed by atoms with E-state index in [0.29, 0.717) is 12.1 Å². The summed E-state index contributed by atoms with van der Waals surface area (Å²) in [7, 11) is 0. The Labute approximate surface area is 142 Å². The lowest BCUT2D eigenvalue weighted by molar-refractivity contribution is -0.116. The Morgan fingerprint density at radius 2 is 1.83 bits per heavy atom. The molecule has 0 unspecified atom stereocenters. The predicted molar refractivity (Wildman–Crippen MR) is 97.0 cm³/mol. The molecule has 126 valence electrons. The second-order valence-electron chi connectivity index (χ2n) is 5.94. The Bertz CT molecular complexity index is 651. The minimum absolute atomic E-state index is 0.0342. The number of nitrogen functional groups attached to an aromatic ring is 1. The van der Waals surface area contributed by atoms with Gasteiger partial charge in [-0.15, -0.1) is 0 Å². The first-order chi connectivity index (χ1) is 11.7. The van der Waals surface area contributed by atoms with E-state index in [0.717, 1.165) is 44.2 Å². The minimum Gasteiger partial charge on any atom is -0.399 e. The molecule has 1 saturated heterocycles. The number of hydrogen-bond acceptors (Lipinski definition) is 5. The van der Waals surface area contributed by atoms with E-state index in [9.17, 15) is 4.79 Å².